The van der Waals surface area contributed by atoms with E-state index in [0.29, 0.717) is 52.4 Å². The lowest BCUT2D eigenvalue weighted by atomic mass is 9.96. The average molecular weight is 585 g/mol. The molecule has 6 aromatic carbocycles. The summed E-state index contributed by atoms with van der Waals surface area (Å²) in [6.07, 6.45) is 1.42. The van der Waals surface area contributed by atoms with Gasteiger partial charge in [-0.2, -0.15) is 0 Å². The SMILES string of the molecule is O=C(NCCCOCCOCCCNC(=O)c1c2ccccc2cc2ccccc12)c1c2ccccc2cc2ccccc12. The third kappa shape index (κ3) is 6.57. The van der Waals surface area contributed by atoms with Crippen molar-refractivity contribution in [3.05, 3.63) is 120 Å². The molecule has 0 aliphatic heterocycles. The van der Waals surface area contributed by atoms with Gasteiger partial charge in [0.15, 0.2) is 0 Å². The fourth-order valence-electron chi connectivity index (χ4n) is 5.77. The Balaban J connectivity index is 0.881. The van der Waals surface area contributed by atoms with Crippen molar-refractivity contribution in [1.82, 2.24) is 10.6 Å². The van der Waals surface area contributed by atoms with Crippen LogP contribution >= 0.6 is 0 Å². The number of nitrogens with one attached hydrogen (secondary N) is 2. The van der Waals surface area contributed by atoms with Crippen molar-refractivity contribution in [2.24, 2.45) is 0 Å². The Labute approximate surface area is 257 Å². The lowest BCUT2D eigenvalue weighted by Gasteiger charge is -2.12. The number of carbonyl (C=O) groups is 2. The van der Waals surface area contributed by atoms with Gasteiger partial charge in [-0.05, 0) is 68.1 Å². The highest BCUT2D eigenvalue weighted by molar-refractivity contribution is 6.19. The van der Waals surface area contributed by atoms with Gasteiger partial charge >= 0.3 is 0 Å². The molecule has 0 atom stereocenters. The summed E-state index contributed by atoms with van der Waals surface area (Å²) in [5.41, 5.74) is 1.43. The highest BCUT2D eigenvalue weighted by atomic mass is 16.5. The van der Waals surface area contributed by atoms with Crippen LogP contribution in [0, 0.1) is 0 Å². The van der Waals surface area contributed by atoms with Crippen LogP contribution in [0.4, 0.5) is 0 Å². The van der Waals surface area contributed by atoms with Crippen LogP contribution < -0.4 is 10.6 Å². The second-order valence-electron chi connectivity index (χ2n) is 10.8. The van der Waals surface area contributed by atoms with Crippen molar-refractivity contribution >= 4 is 54.9 Å². The summed E-state index contributed by atoms with van der Waals surface area (Å²) >= 11 is 0. The first-order chi connectivity index (χ1) is 21.7. The molecule has 0 radical (unpaired) electrons. The molecule has 0 unspecified atom stereocenters. The number of hydrogen-bond acceptors (Lipinski definition) is 4. The summed E-state index contributed by atoms with van der Waals surface area (Å²) in [6.45, 7) is 3.10. The summed E-state index contributed by atoms with van der Waals surface area (Å²) in [4.78, 5) is 26.3. The van der Waals surface area contributed by atoms with Gasteiger partial charge in [-0.25, -0.2) is 0 Å². The molecular weight excluding hydrogens is 548 g/mol. The maximum atomic E-state index is 13.2. The third-order valence-corrected chi connectivity index (χ3v) is 7.87. The van der Waals surface area contributed by atoms with E-state index in [0.717, 1.165) is 54.2 Å². The zero-order valence-corrected chi connectivity index (χ0v) is 24.7. The van der Waals surface area contributed by atoms with Gasteiger partial charge in [0.25, 0.3) is 11.8 Å². The number of benzene rings is 6. The van der Waals surface area contributed by atoms with Crippen molar-refractivity contribution in [3.63, 3.8) is 0 Å². The lowest BCUT2D eigenvalue weighted by molar-refractivity contribution is 0.0459. The Morgan fingerprint density at radius 3 is 1.11 bits per heavy atom. The van der Waals surface area contributed by atoms with Gasteiger partial charge < -0.3 is 20.1 Å². The van der Waals surface area contributed by atoms with Gasteiger partial charge in [-0.3, -0.25) is 9.59 Å². The van der Waals surface area contributed by atoms with Crippen LogP contribution in [0.1, 0.15) is 33.6 Å². The molecule has 6 nitrogen and oxygen atoms in total. The minimum Gasteiger partial charge on any atom is -0.379 e. The van der Waals surface area contributed by atoms with E-state index >= 15 is 0 Å². The highest BCUT2D eigenvalue weighted by Crippen LogP contribution is 2.29. The van der Waals surface area contributed by atoms with Crippen molar-refractivity contribution in [2.45, 2.75) is 12.8 Å². The van der Waals surface area contributed by atoms with Gasteiger partial charge in [-0.15, -0.1) is 0 Å². The second-order valence-corrected chi connectivity index (χ2v) is 10.8. The highest BCUT2D eigenvalue weighted by Gasteiger charge is 2.15. The topological polar surface area (TPSA) is 76.7 Å². The molecule has 44 heavy (non-hydrogen) atoms. The number of ether oxygens (including phenoxy) is 2. The monoisotopic (exact) mass is 584 g/mol. The quantitative estimate of drug-likeness (QED) is 0.111. The van der Waals surface area contributed by atoms with E-state index in [1.54, 1.807) is 0 Å². The molecule has 2 amide bonds. The molecule has 222 valence electrons. The van der Waals surface area contributed by atoms with Crippen molar-refractivity contribution in [1.29, 1.82) is 0 Å². The Hall–Kier alpha value is -4.78. The standard InChI is InChI=1S/C38H36N2O4/c41-37(35-31-15-5-1-11-27(31)25-28-12-2-6-16-32(28)35)39-19-9-21-43-23-24-44-22-10-20-40-38(42)36-33-17-7-3-13-29(33)26-30-14-4-8-18-34(30)36/h1-8,11-18,25-26H,9-10,19-24H2,(H,39,41)(H,40,42). The first-order valence-electron chi connectivity index (χ1n) is 15.2. The molecule has 0 spiro atoms. The van der Waals surface area contributed by atoms with E-state index in [4.69, 9.17) is 9.47 Å². The predicted octanol–water partition coefficient (Wildman–Crippen LogP) is 7.27. The first-order valence-corrected chi connectivity index (χ1v) is 15.2. The van der Waals surface area contributed by atoms with Crippen LogP contribution in [0.5, 0.6) is 0 Å². The van der Waals surface area contributed by atoms with Crippen LogP contribution in [0.2, 0.25) is 0 Å². The average Bonchev–Trinajstić information content (AvgIpc) is 3.06. The summed E-state index contributed by atoms with van der Waals surface area (Å²) in [6, 6.07) is 36.3. The molecule has 6 heteroatoms. The number of fused-ring (bicyclic) bond motifs is 4. The van der Waals surface area contributed by atoms with Gasteiger partial charge in [0.1, 0.15) is 0 Å². The normalized spacial score (nSPS) is 11.4. The van der Waals surface area contributed by atoms with Crippen LogP contribution in [0.25, 0.3) is 43.1 Å². The van der Waals surface area contributed by atoms with Gasteiger partial charge in [0.05, 0.1) is 24.3 Å². The Morgan fingerprint density at radius 2 is 0.773 bits per heavy atom. The summed E-state index contributed by atoms with van der Waals surface area (Å²) in [5.74, 6) is -0.135. The Kier molecular flexibility index (Phi) is 9.41. The molecule has 6 aromatic rings. The van der Waals surface area contributed by atoms with E-state index in [9.17, 15) is 9.59 Å². The molecule has 2 N–H and O–H groups in total. The van der Waals surface area contributed by atoms with Gasteiger partial charge in [0, 0.05) is 26.3 Å². The third-order valence-electron chi connectivity index (χ3n) is 7.87. The maximum Gasteiger partial charge on any atom is 0.252 e. The van der Waals surface area contributed by atoms with Gasteiger partial charge in [0.2, 0.25) is 0 Å². The number of carbonyl (C=O) groups excluding carboxylic acids is 2. The molecular formula is C38H36N2O4. The molecule has 0 aliphatic carbocycles. The largest absolute Gasteiger partial charge is 0.379 e. The minimum atomic E-state index is -0.0675. The summed E-state index contributed by atoms with van der Waals surface area (Å²) < 4.78 is 11.4. The molecule has 0 aromatic heterocycles. The van der Waals surface area contributed by atoms with Crippen molar-refractivity contribution < 1.29 is 19.1 Å². The van der Waals surface area contributed by atoms with Crippen LogP contribution in [0.3, 0.4) is 0 Å². The molecule has 0 saturated carbocycles. The molecule has 0 bridgehead atoms. The van der Waals surface area contributed by atoms with Crippen molar-refractivity contribution in [2.75, 3.05) is 39.5 Å². The van der Waals surface area contributed by atoms with E-state index in [-0.39, 0.29) is 11.8 Å². The molecule has 0 aliphatic rings. The van der Waals surface area contributed by atoms with Crippen LogP contribution in [0.15, 0.2) is 109 Å². The number of hydrogen-bond donors (Lipinski definition) is 2. The fraction of sp³-hybridized carbons (Fsp3) is 0.211. The predicted molar refractivity (Wildman–Crippen MR) is 178 cm³/mol. The molecule has 6 rings (SSSR count). The van der Waals surface area contributed by atoms with Crippen LogP contribution in [-0.4, -0.2) is 51.3 Å². The molecule has 0 heterocycles. The lowest BCUT2D eigenvalue weighted by Crippen LogP contribution is -2.26. The molecule has 0 saturated heterocycles. The fourth-order valence-corrected chi connectivity index (χ4v) is 5.77. The van der Waals surface area contributed by atoms with Crippen molar-refractivity contribution in [3.8, 4) is 0 Å². The molecule has 0 fully saturated rings. The Morgan fingerprint density at radius 1 is 0.455 bits per heavy atom. The van der Waals surface area contributed by atoms with Crippen LogP contribution in [-0.2, 0) is 9.47 Å². The minimum absolute atomic E-state index is 0.0675. The first kappa shape index (κ1) is 29.3. The van der Waals surface area contributed by atoms with E-state index in [1.165, 1.54) is 0 Å². The summed E-state index contributed by atoms with van der Waals surface area (Å²) in [7, 11) is 0. The summed E-state index contributed by atoms with van der Waals surface area (Å²) in [5, 5.41) is 14.2. The van der Waals surface area contributed by atoms with E-state index in [1.807, 2.05) is 97.1 Å². The van der Waals surface area contributed by atoms with E-state index < -0.39 is 0 Å². The second kappa shape index (κ2) is 14.1. The van der Waals surface area contributed by atoms with E-state index in [2.05, 4.69) is 22.8 Å². The smallest absolute Gasteiger partial charge is 0.252 e. The maximum absolute atomic E-state index is 13.2. The zero-order chi connectivity index (χ0) is 30.1. The number of rotatable bonds is 13. The Bertz CT molecular complexity index is 1680. The zero-order valence-electron chi connectivity index (χ0n) is 24.7. The van der Waals surface area contributed by atoms with Gasteiger partial charge in [-0.1, -0.05) is 97.1 Å². The number of amides is 2.